The second-order valence-corrected chi connectivity index (χ2v) is 5.41. The predicted molar refractivity (Wildman–Crippen MR) is 87.2 cm³/mol. The van der Waals surface area contributed by atoms with Gasteiger partial charge in [0, 0.05) is 18.8 Å². The van der Waals surface area contributed by atoms with Gasteiger partial charge >= 0.3 is 0 Å². The van der Waals surface area contributed by atoms with Crippen molar-refractivity contribution in [2.45, 2.75) is 45.6 Å². The zero-order valence-electron chi connectivity index (χ0n) is 13.0. The number of aliphatic hydroxyl groups excluding tert-OH is 1. The van der Waals surface area contributed by atoms with E-state index in [0.717, 1.165) is 25.3 Å². The lowest BCUT2D eigenvalue weighted by Crippen LogP contribution is -2.37. The summed E-state index contributed by atoms with van der Waals surface area (Å²) in [6.45, 7) is 7.99. The van der Waals surface area contributed by atoms with E-state index in [-0.39, 0.29) is 6.10 Å². The Morgan fingerprint density at radius 1 is 1.05 bits per heavy atom. The Bertz CT molecular complexity index is 321. The third-order valence-corrected chi connectivity index (χ3v) is 3.44. The van der Waals surface area contributed by atoms with Crippen LogP contribution in [0, 0.1) is 0 Å². The van der Waals surface area contributed by atoms with Crippen LogP contribution in [-0.4, -0.2) is 42.3 Å². The molecule has 0 aliphatic heterocycles. The molecule has 1 aromatic rings. The van der Waals surface area contributed by atoms with Crippen molar-refractivity contribution in [1.82, 2.24) is 4.90 Å². The Hall–Kier alpha value is -1.06. The molecular weight excluding hydrogens is 248 g/mol. The summed E-state index contributed by atoms with van der Waals surface area (Å²) >= 11 is 0. The van der Waals surface area contributed by atoms with E-state index in [1.807, 2.05) is 30.3 Å². The highest BCUT2D eigenvalue weighted by atomic mass is 16.3. The molecule has 114 valence electrons. The van der Waals surface area contributed by atoms with Crippen molar-refractivity contribution in [3.05, 3.63) is 30.3 Å². The van der Waals surface area contributed by atoms with Crippen LogP contribution in [0.5, 0.6) is 0 Å². The molecular formula is C17H30N2O. The van der Waals surface area contributed by atoms with Gasteiger partial charge in [-0.25, -0.2) is 0 Å². The van der Waals surface area contributed by atoms with Crippen molar-refractivity contribution >= 4 is 5.69 Å². The Kier molecular flexibility index (Phi) is 9.09. The molecule has 1 aromatic carbocycles. The molecule has 1 unspecified atom stereocenters. The summed E-state index contributed by atoms with van der Waals surface area (Å²) in [5.74, 6) is 0. The van der Waals surface area contributed by atoms with E-state index in [0.29, 0.717) is 6.54 Å². The van der Waals surface area contributed by atoms with Crippen LogP contribution < -0.4 is 5.32 Å². The van der Waals surface area contributed by atoms with E-state index in [1.54, 1.807) is 0 Å². The fourth-order valence-corrected chi connectivity index (χ4v) is 2.21. The first-order valence-corrected chi connectivity index (χ1v) is 7.95. The number of hydrogen-bond donors (Lipinski definition) is 2. The van der Waals surface area contributed by atoms with Gasteiger partial charge in [0.15, 0.2) is 0 Å². The lowest BCUT2D eigenvalue weighted by Gasteiger charge is -2.25. The highest BCUT2D eigenvalue weighted by Crippen LogP contribution is 2.06. The van der Waals surface area contributed by atoms with Gasteiger partial charge in [0.25, 0.3) is 0 Å². The maximum Gasteiger partial charge on any atom is 0.0839 e. The minimum Gasteiger partial charge on any atom is -0.390 e. The average molecular weight is 278 g/mol. The number of para-hydroxylation sites is 1. The molecule has 0 fully saturated rings. The molecule has 3 nitrogen and oxygen atoms in total. The number of rotatable bonds is 11. The molecule has 20 heavy (non-hydrogen) atoms. The van der Waals surface area contributed by atoms with Crippen LogP contribution >= 0.6 is 0 Å². The fourth-order valence-electron chi connectivity index (χ4n) is 2.21. The number of aliphatic hydroxyl groups is 1. The summed E-state index contributed by atoms with van der Waals surface area (Å²) in [5.41, 5.74) is 1.07. The van der Waals surface area contributed by atoms with Crippen LogP contribution in [-0.2, 0) is 0 Å². The van der Waals surface area contributed by atoms with Gasteiger partial charge in [-0.3, -0.25) is 0 Å². The first-order valence-electron chi connectivity index (χ1n) is 7.95. The molecule has 2 N–H and O–H groups in total. The van der Waals surface area contributed by atoms with E-state index in [9.17, 15) is 5.11 Å². The molecule has 0 saturated carbocycles. The van der Waals surface area contributed by atoms with Crippen LogP contribution in [0.2, 0.25) is 0 Å². The molecule has 0 aliphatic rings. The zero-order valence-corrected chi connectivity index (χ0v) is 13.0. The highest BCUT2D eigenvalue weighted by Gasteiger charge is 2.10. The van der Waals surface area contributed by atoms with E-state index < -0.39 is 0 Å². The molecule has 0 saturated heterocycles. The summed E-state index contributed by atoms with van der Waals surface area (Å²) in [4.78, 5) is 2.39. The molecule has 1 atom stereocenters. The Labute approximate surface area is 124 Å². The monoisotopic (exact) mass is 278 g/mol. The summed E-state index contributed by atoms with van der Waals surface area (Å²) in [7, 11) is 0. The number of benzene rings is 1. The second-order valence-electron chi connectivity index (χ2n) is 5.41. The van der Waals surface area contributed by atoms with Gasteiger partial charge in [0.2, 0.25) is 0 Å². The third kappa shape index (κ3) is 7.51. The number of nitrogens with zero attached hydrogens (tertiary/aromatic N) is 1. The van der Waals surface area contributed by atoms with E-state index in [1.165, 1.54) is 25.7 Å². The van der Waals surface area contributed by atoms with Crippen molar-refractivity contribution in [2.24, 2.45) is 0 Å². The van der Waals surface area contributed by atoms with Gasteiger partial charge in [-0.2, -0.15) is 0 Å². The first kappa shape index (κ1) is 17.0. The second kappa shape index (κ2) is 10.7. The molecule has 0 radical (unpaired) electrons. The largest absolute Gasteiger partial charge is 0.390 e. The quantitative estimate of drug-likeness (QED) is 0.651. The minimum absolute atomic E-state index is 0.316. The molecule has 0 bridgehead atoms. The molecule has 0 spiro atoms. The van der Waals surface area contributed by atoms with Gasteiger partial charge in [-0.05, 0) is 38.1 Å². The number of anilines is 1. The fraction of sp³-hybridized carbons (Fsp3) is 0.647. The maximum absolute atomic E-state index is 10.2. The van der Waals surface area contributed by atoms with Crippen molar-refractivity contribution in [3.63, 3.8) is 0 Å². The summed E-state index contributed by atoms with van der Waals surface area (Å²) in [6, 6.07) is 10.1. The van der Waals surface area contributed by atoms with Crippen LogP contribution in [0.1, 0.15) is 39.5 Å². The lowest BCUT2D eigenvalue weighted by molar-refractivity contribution is 0.119. The Morgan fingerprint density at radius 2 is 1.65 bits per heavy atom. The van der Waals surface area contributed by atoms with Crippen LogP contribution in [0.3, 0.4) is 0 Å². The number of nitrogens with one attached hydrogen (secondary N) is 1. The standard InChI is InChI=1S/C17H30N2O/c1-3-5-12-19(13-6-4-2)15-17(20)14-18-16-10-8-7-9-11-16/h7-11,17-18,20H,3-6,12-15H2,1-2H3. The molecule has 0 amide bonds. The van der Waals surface area contributed by atoms with Gasteiger partial charge in [-0.15, -0.1) is 0 Å². The summed E-state index contributed by atoms with van der Waals surface area (Å²) in [6.07, 6.45) is 4.52. The van der Waals surface area contributed by atoms with Crippen LogP contribution in [0.25, 0.3) is 0 Å². The van der Waals surface area contributed by atoms with Crippen molar-refractivity contribution < 1.29 is 5.11 Å². The minimum atomic E-state index is -0.316. The van der Waals surface area contributed by atoms with Gasteiger partial charge < -0.3 is 15.3 Å². The molecule has 1 rings (SSSR count). The smallest absolute Gasteiger partial charge is 0.0839 e. The topological polar surface area (TPSA) is 35.5 Å². The SMILES string of the molecule is CCCCN(CCCC)CC(O)CNc1ccccc1. The normalized spacial score (nSPS) is 12.6. The maximum atomic E-state index is 10.2. The van der Waals surface area contributed by atoms with E-state index >= 15 is 0 Å². The molecule has 0 aromatic heterocycles. The van der Waals surface area contributed by atoms with Gasteiger partial charge in [0.05, 0.1) is 6.10 Å². The number of unbranched alkanes of at least 4 members (excludes halogenated alkanes) is 2. The van der Waals surface area contributed by atoms with Crippen molar-refractivity contribution in [3.8, 4) is 0 Å². The molecule has 3 heteroatoms. The van der Waals surface area contributed by atoms with E-state index in [4.69, 9.17) is 0 Å². The summed E-state index contributed by atoms with van der Waals surface area (Å²) in [5, 5.41) is 13.5. The van der Waals surface area contributed by atoms with Crippen molar-refractivity contribution in [1.29, 1.82) is 0 Å². The summed E-state index contributed by atoms with van der Waals surface area (Å²) < 4.78 is 0. The molecule has 0 heterocycles. The highest BCUT2D eigenvalue weighted by molar-refractivity contribution is 5.42. The van der Waals surface area contributed by atoms with Crippen molar-refractivity contribution in [2.75, 3.05) is 31.5 Å². The Morgan fingerprint density at radius 3 is 2.20 bits per heavy atom. The third-order valence-electron chi connectivity index (χ3n) is 3.44. The lowest BCUT2D eigenvalue weighted by atomic mass is 10.2. The Balaban J connectivity index is 2.30. The predicted octanol–water partition coefficient (Wildman–Crippen LogP) is 3.36. The first-order chi connectivity index (χ1) is 9.76. The van der Waals surface area contributed by atoms with Crippen LogP contribution in [0.4, 0.5) is 5.69 Å². The van der Waals surface area contributed by atoms with Gasteiger partial charge in [-0.1, -0.05) is 44.9 Å². The molecule has 0 aliphatic carbocycles. The average Bonchev–Trinajstić information content (AvgIpc) is 2.49. The number of hydrogen-bond acceptors (Lipinski definition) is 3. The van der Waals surface area contributed by atoms with Crippen LogP contribution in [0.15, 0.2) is 30.3 Å². The van der Waals surface area contributed by atoms with Gasteiger partial charge in [0.1, 0.15) is 0 Å². The zero-order chi connectivity index (χ0) is 14.6. The van der Waals surface area contributed by atoms with E-state index in [2.05, 4.69) is 24.1 Å².